The van der Waals surface area contributed by atoms with E-state index in [1.54, 1.807) is 13.0 Å². The van der Waals surface area contributed by atoms with Crippen LogP contribution >= 0.6 is 12.1 Å². The third-order valence-corrected chi connectivity index (χ3v) is 1.55. The standard InChI is InChI=1S/C8H9F3S/c1-3-5-6-7(4-2)8(9,10)12-11/h3-6H,2H2,1H3/b5-3-,7-6+. The van der Waals surface area contributed by atoms with Gasteiger partial charge in [0.25, 0.3) is 0 Å². The fourth-order valence-electron chi connectivity index (χ4n) is 0.528. The molecule has 0 aromatic heterocycles. The molecular weight excluding hydrogens is 185 g/mol. The van der Waals surface area contributed by atoms with E-state index in [9.17, 15) is 12.7 Å². The van der Waals surface area contributed by atoms with Crippen molar-refractivity contribution in [2.75, 3.05) is 0 Å². The summed E-state index contributed by atoms with van der Waals surface area (Å²) in [6.45, 7) is 4.84. The maximum atomic E-state index is 12.6. The largest absolute Gasteiger partial charge is 0.348 e. The Morgan fingerprint density at radius 3 is 2.42 bits per heavy atom. The minimum Gasteiger partial charge on any atom is -0.186 e. The Morgan fingerprint density at radius 2 is 2.08 bits per heavy atom. The lowest BCUT2D eigenvalue weighted by atomic mass is 10.2. The van der Waals surface area contributed by atoms with Gasteiger partial charge in [-0.15, -0.1) is 0 Å². The zero-order chi connectivity index (χ0) is 9.61. The summed E-state index contributed by atoms with van der Waals surface area (Å²) in [4.78, 5) is 0. The molecular formula is C8H9F3S. The van der Waals surface area contributed by atoms with Gasteiger partial charge < -0.3 is 0 Å². The van der Waals surface area contributed by atoms with Crippen LogP contribution in [0, 0.1) is 0 Å². The molecule has 0 aliphatic heterocycles. The van der Waals surface area contributed by atoms with E-state index in [1.165, 1.54) is 6.08 Å². The summed E-state index contributed by atoms with van der Waals surface area (Å²) >= 11 is -0.997. The highest BCUT2D eigenvalue weighted by molar-refractivity contribution is 7.95. The number of hydrogen-bond donors (Lipinski definition) is 0. The summed E-state index contributed by atoms with van der Waals surface area (Å²) < 4.78 is 36.8. The second-order valence-corrected chi connectivity index (χ2v) is 2.61. The van der Waals surface area contributed by atoms with Crippen LogP contribution in [0.25, 0.3) is 0 Å². The van der Waals surface area contributed by atoms with Crippen LogP contribution in [0.4, 0.5) is 12.7 Å². The Labute approximate surface area is 74.1 Å². The van der Waals surface area contributed by atoms with Gasteiger partial charge in [-0.2, -0.15) is 12.7 Å². The van der Waals surface area contributed by atoms with E-state index < -0.39 is 23.0 Å². The molecule has 0 heterocycles. The summed E-state index contributed by atoms with van der Waals surface area (Å²) in [5, 5.41) is -3.50. The van der Waals surface area contributed by atoms with E-state index in [0.29, 0.717) is 0 Å². The van der Waals surface area contributed by atoms with Crippen molar-refractivity contribution in [3.05, 3.63) is 36.5 Å². The molecule has 0 radical (unpaired) electrons. The van der Waals surface area contributed by atoms with Gasteiger partial charge in [0.1, 0.15) is 12.1 Å². The van der Waals surface area contributed by atoms with Crippen molar-refractivity contribution in [1.82, 2.24) is 0 Å². The molecule has 12 heavy (non-hydrogen) atoms. The van der Waals surface area contributed by atoms with Gasteiger partial charge in [0.2, 0.25) is 0 Å². The van der Waals surface area contributed by atoms with E-state index in [4.69, 9.17) is 0 Å². The molecule has 4 heteroatoms. The van der Waals surface area contributed by atoms with Crippen molar-refractivity contribution >= 4 is 12.1 Å². The first-order valence-corrected chi connectivity index (χ1v) is 3.93. The van der Waals surface area contributed by atoms with Crippen molar-refractivity contribution in [1.29, 1.82) is 0 Å². The fourth-order valence-corrected chi connectivity index (χ4v) is 0.769. The molecule has 0 rings (SSSR count). The minimum absolute atomic E-state index is 0.437. The first kappa shape index (κ1) is 11.4. The lowest BCUT2D eigenvalue weighted by Crippen LogP contribution is -2.10. The molecule has 0 aromatic carbocycles. The van der Waals surface area contributed by atoms with Crippen LogP contribution in [0.1, 0.15) is 6.92 Å². The second kappa shape index (κ2) is 5.09. The van der Waals surface area contributed by atoms with E-state index in [-0.39, 0.29) is 0 Å². The Bertz CT molecular complexity index is 206. The van der Waals surface area contributed by atoms with Crippen LogP contribution in [0.2, 0.25) is 0 Å². The van der Waals surface area contributed by atoms with Crippen LogP contribution in [0.15, 0.2) is 36.5 Å². The highest BCUT2D eigenvalue weighted by Gasteiger charge is 2.33. The SMILES string of the molecule is C=C/C(=C\C=C/C)C(F)(F)SF. The third kappa shape index (κ3) is 3.17. The molecule has 0 unspecified atom stereocenters. The molecule has 0 aliphatic carbocycles. The molecule has 0 spiro atoms. The first-order chi connectivity index (χ1) is 5.58. The van der Waals surface area contributed by atoms with Crippen LogP contribution < -0.4 is 0 Å². The van der Waals surface area contributed by atoms with E-state index in [1.807, 2.05) is 0 Å². The van der Waals surface area contributed by atoms with Gasteiger partial charge in [-0.1, -0.05) is 30.9 Å². The predicted molar refractivity (Wildman–Crippen MR) is 46.7 cm³/mol. The van der Waals surface area contributed by atoms with Gasteiger partial charge in [0.05, 0.1) is 0 Å². The molecule has 0 N–H and O–H groups in total. The molecule has 0 amide bonds. The van der Waals surface area contributed by atoms with Gasteiger partial charge in [0.15, 0.2) is 0 Å². The summed E-state index contributed by atoms with van der Waals surface area (Å²) in [6.07, 6.45) is 5.04. The van der Waals surface area contributed by atoms with E-state index >= 15 is 0 Å². The maximum absolute atomic E-state index is 12.6. The molecule has 68 valence electrons. The summed E-state index contributed by atoms with van der Waals surface area (Å²) in [5.41, 5.74) is -0.437. The number of rotatable bonds is 4. The van der Waals surface area contributed by atoms with Crippen molar-refractivity contribution in [2.45, 2.75) is 12.2 Å². The van der Waals surface area contributed by atoms with Gasteiger partial charge in [-0.05, 0) is 6.92 Å². The van der Waals surface area contributed by atoms with E-state index in [0.717, 1.165) is 12.2 Å². The van der Waals surface area contributed by atoms with Crippen LogP contribution in [0.5, 0.6) is 0 Å². The van der Waals surface area contributed by atoms with Crippen molar-refractivity contribution in [3.8, 4) is 0 Å². The molecule has 0 saturated carbocycles. The minimum atomic E-state index is -3.50. The van der Waals surface area contributed by atoms with Crippen LogP contribution in [0.3, 0.4) is 0 Å². The molecule has 0 saturated heterocycles. The Hall–Kier alpha value is -0.640. The molecule has 0 atom stereocenters. The average molecular weight is 194 g/mol. The van der Waals surface area contributed by atoms with Crippen molar-refractivity contribution in [3.63, 3.8) is 0 Å². The molecule has 0 aliphatic rings. The van der Waals surface area contributed by atoms with Crippen LogP contribution in [-0.2, 0) is 0 Å². The number of allylic oxidation sites excluding steroid dienone is 4. The topological polar surface area (TPSA) is 0 Å². The van der Waals surface area contributed by atoms with Gasteiger partial charge in [-0.25, -0.2) is 0 Å². The molecule has 0 bridgehead atoms. The quantitative estimate of drug-likeness (QED) is 0.612. The third-order valence-electron chi connectivity index (χ3n) is 1.12. The van der Waals surface area contributed by atoms with Gasteiger partial charge >= 0.3 is 5.25 Å². The number of hydrogen-bond acceptors (Lipinski definition) is 1. The maximum Gasteiger partial charge on any atom is 0.348 e. The lowest BCUT2D eigenvalue weighted by Gasteiger charge is -2.10. The smallest absolute Gasteiger partial charge is 0.186 e. The highest BCUT2D eigenvalue weighted by atomic mass is 32.2. The zero-order valence-corrected chi connectivity index (χ0v) is 7.38. The number of halogens is 3. The molecule has 0 aromatic rings. The van der Waals surface area contributed by atoms with Crippen LogP contribution in [-0.4, -0.2) is 5.25 Å². The van der Waals surface area contributed by atoms with E-state index in [2.05, 4.69) is 6.58 Å². The summed E-state index contributed by atoms with van der Waals surface area (Å²) in [7, 11) is 0. The Balaban J connectivity index is 4.65. The van der Waals surface area contributed by atoms with Crippen molar-refractivity contribution < 1.29 is 12.7 Å². The summed E-state index contributed by atoms with van der Waals surface area (Å²) in [6, 6.07) is 0. The average Bonchev–Trinajstić information content (AvgIpc) is 2.05. The predicted octanol–water partition coefficient (Wildman–Crippen LogP) is 3.89. The normalized spacial score (nSPS) is 13.8. The summed E-state index contributed by atoms with van der Waals surface area (Å²) in [5.74, 6) is 0. The Morgan fingerprint density at radius 1 is 1.50 bits per heavy atom. The molecule has 0 fully saturated rings. The highest BCUT2D eigenvalue weighted by Crippen LogP contribution is 2.37. The molecule has 0 nitrogen and oxygen atoms in total. The second-order valence-electron chi connectivity index (χ2n) is 1.95. The van der Waals surface area contributed by atoms with Gasteiger partial charge in [-0.3, -0.25) is 0 Å². The van der Waals surface area contributed by atoms with Gasteiger partial charge in [0, 0.05) is 5.57 Å². The zero-order valence-electron chi connectivity index (χ0n) is 6.56. The monoisotopic (exact) mass is 194 g/mol. The Kier molecular flexibility index (Phi) is 4.81. The fraction of sp³-hybridized carbons (Fsp3) is 0.250. The first-order valence-electron chi connectivity index (χ1n) is 3.22. The number of alkyl halides is 2. The van der Waals surface area contributed by atoms with Crippen molar-refractivity contribution in [2.24, 2.45) is 0 Å². The lowest BCUT2D eigenvalue weighted by molar-refractivity contribution is 0.148.